The summed E-state index contributed by atoms with van der Waals surface area (Å²) in [5.41, 5.74) is 1.93. The molecule has 2 aliphatic carbocycles. The van der Waals surface area contributed by atoms with Gasteiger partial charge in [-0.15, -0.1) is 0 Å². The van der Waals surface area contributed by atoms with Gasteiger partial charge >= 0.3 is 12.3 Å². The molecule has 1 nitrogen and oxygen atoms in total. The molecule has 0 aliphatic heterocycles. The fraction of sp³-hybridized carbons (Fsp3) is 0.455. The average Bonchev–Trinajstić information content (AvgIpc) is 2.93. The molecular formula is C33H33F7O. The average molecular weight is 579 g/mol. The second-order valence-electron chi connectivity index (χ2n) is 11.7. The Hall–Kier alpha value is -3.03. The third-order valence-corrected chi connectivity index (χ3v) is 8.87. The fourth-order valence-electron chi connectivity index (χ4n) is 6.35. The standard InChI is InChI=1S/C33H33F7O/c1-20-2-4-21(5-3-20)22-6-8-23(9-7-22)25-12-16-28(30(34)18-25)24-10-13-26(14-11-24)33(39,40)41-27-15-17-29(31(35)19-27)32(36,37)38/h6-9,12,15-21,24,26H,2-5,10-11,13-14H2,1H3. The highest BCUT2D eigenvalue weighted by Crippen LogP contribution is 2.45. The van der Waals surface area contributed by atoms with Gasteiger partial charge < -0.3 is 4.74 Å². The molecule has 0 saturated heterocycles. The summed E-state index contributed by atoms with van der Waals surface area (Å²) in [4.78, 5) is 0. The zero-order valence-corrected chi connectivity index (χ0v) is 22.8. The molecule has 2 saturated carbocycles. The molecule has 8 heteroatoms. The van der Waals surface area contributed by atoms with E-state index in [1.165, 1.54) is 37.3 Å². The summed E-state index contributed by atoms with van der Waals surface area (Å²) in [6.45, 7) is 2.29. The minimum absolute atomic E-state index is 0.0311. The molecule has 0 N–H and O–H groups in total. The second kappa shape index (κ2) is 11.7. The number of alkyl halides is 5. The fourth-order valence-corrected chi connectivity index (χ4v) is 6.35. The van der Waals surface area contributed by atoms with Crippen LogP contribution >= 0.6 is 0 Å². The molecule has 5 rings (SSSR count). The molecule has 0 bridgehead atoms. The van der Waals surface area contributed by atoms with E-state index in [1.54, 1.807) is 6.07 Å². The van der Waals surface area contributed by atoms with Crippen LogP contribution < -0.4 is 4.74 Å². The minimum atomic E-state index is -4.94. The maximum atomic E-state index is 15.2. The van der Waals surface area contributed by atoms with Gasteiger partial charge in [0.05, 0.1) is 11.5 Å². The molecule has 2 aliphatic rings. The maximum absolute atomic E-state index is 15.2. The van der Waals surface area contributed by atoms with Crippen LogP contribution in [0.5, 0.6) is 5.75 Å². The SMILES string of the molecule is CC1CCC(c2ccc(-c3ccc(C4CCC(C(F)(F)Oc5ccc(C(F)(F)F)c(F)c5)CC4)c(F)c3)cc2)CC1. The van der Waals surface area contributed by atoms with Gasteiger partial charge in [-0.1, -0.05) is 56.2 Å². The number of benzene rings is 3. The van der Waals surface area contributed by atoms with Crippen LogP contribution in [0.4, 0.5) is 30.7 Å². The van der Waals surface area contributed by atoms with E-state index in [2.05, 4.69) is 23.8 Å². The Morgan fingerprint density at radius 1 is 0.634 bits per heavy atom. The summed E-state index contributed by atoms with van der Waals surface area (Å²) in [7, 11) is 0. The van der Waals surface area contributed by atoms with Crippen molar-refractivity contribution in [3.8, 4) is 16.9 Å². The number of rotatable bonds is 6. The third kappa shape index (κ3) is 6.73. The molecule has 0 unspecified atom stereocenters. The zero-order chi connectivity index (χ0) is 29.4. The lowest BCUT2D eigenvalue weighted by Gasteiger charge is -2.33. The van der Waals surface area contributed by atoms with Crippen molar-refractivity contribution in [1.82, 2.24) is 0 Å². The molecule has 2 fully saturated rings. The van der Waals surface area contributed by atoms with Gasteiger partial charge in [-0.25, -0.2) is 8.78 Å². The Balaban J connectivity index is 1.19. The van der Waals surface area contributed by atoms with E-state index in [4.69, 9.17) is 0 Å². The molecule has 41 heavy (non-hydrogen) atoms. The van der Waals surface area contributed by atoms with E-state index in [0.29, 0.717) is 42.5 Å². The van der Waals surface area contributed by atoms with Crippen LogP contribution in [0.2, 0.25) is 0 Å². The van der Waals surface area contributed by atoms with Crippen LogP contribution in [0.25, 0.3) is 11.1 Å². The first-order valence-electron chi connectivity index (χ1n) is 14.2. The van der Waals surface area contributed by atoms with Crippen molar-refractivity contribution in [3.05, 3.63) is 89.0 Å². The van der Waals surface area contributed by atoms with Crippen molar-refractivity contribution in [2.75, 3.05) is 0 Å². The summed E-state index contributed by atoms with van der Waals surface area (Å²) in [6.07, 6.45) is -3.11. The van der Waals surface area contributed by atoms with Gasteiger partial charge in [-0.05, 0) is 96.7 Å². The Labute approximate surface area is 235 Å². The van der Waals surface area contributed by atoms with Gasteiger partial charge in [0.2, 0.25) is 0 Å². The first kappa shape index (κ1) is 29.5. The summed E-state index contributed by atoms with van der Waals surface area (Å²) >= 11 is 0. The number of hydrogen-bond acceptors (Lipinski definition) is 1. The quantitative estimate of drug-likeness (QED) is 0.264. The van der Waals surface area contributed by atoms with Crippen LogP contribution in [0.15, 0.2) is 60.7 Å². The van der Waals surface area contributed by atoms with E-state index in [1.807, 2.05) is 18.2 Å². The van der Waals surface area contributed by atoms with E-state index in [9.17, 15) is 26.3 Å². The molecule has 0 amide bonds. The van der Waals surface area contributed by atoms with Crippen LogP contribution in [0.3, 0.4) is 0 Å². The molecule has 0 aromatic heterocycles. The second-order valence-corrected chi connectivity index (χ2v) is 11.7. The van der Waals surface area contributed by atoms with Crippen molar-refractivity contribution in [1.29, 1.82) is 0 Å². The van der Waals surface area contributed by atoms with E-state index in [-0.39, 0.29) is 24.6 Å². The van der Waals surface area contributed by atoms with E-state index in [0.717, 1.165) is 17.0 Å². The Morgan fingerprint density at radius 2 is 1.24 bits per heavy atom. The van der Waals surface area contributed by atoms with Crippen molar-refractivity contribution >= 4 is 0 Å². The van der Waals surface area contributed by atoms with Gasteiger partial charge in [0.1, 0.15) is 17.4 Å². The highest BCUT2D eigenvalue weighted by Gasteiger charge is 2.45. The molecule has 0 atom stereocenters. The molecule has 3 aromatic carbocycles. The number of ether oxygens (including phenoxy) is 1. The number of hydrogen-bond donors (Lipinski definition) is 0. The minimum Gasteiger partial charge on any atom is -0.432 e. The summed E-state index contributed by atoms with van der Waals surface area (Å²) in [6, 6.07) is 14.8. The summed E-state index contributed by atoms with van der Waals surface area (Å²) < 4.78 is 102. The maximum Gasteiger partial charge on any atom is 0.419 e. The van der Waals surface area contributed by atoms with Crippen molar-refractivity contribution in [3.63, 3.8) is 0 Å². The van der Waals surface area contributed by atoms with Crippen LogP contribution in [0.1, 0.15) is 86.8 Å². The summed E-state index contributed by atoms with van der Waals surface area (Å²) in [5.74, 6) is -2.84. The highest BCUT2D eigenvalue weighted by atomic mass is 19.4. The van der Waals surface area contributed by atoms with Crippen molar-refractivity contribution in [2.45, 2.75) is 82.4 Å². The predicted octanol–water partition coefficient (Wildman–Crippen LogP) is 10.9. The number of halogens is 7. The molecule has 0 spiro atoms. The highest BCUT2D eigenvalue weighted by molar-refractivity contribution is 5.64. The zero-order valence-electron chi connectivity index (χ0n) is 22.8. The molecule has 3 aromatic rings. The lowest BCUT2D eigenvalue weighted by atomic mass is 9.77. The molecule has 0 radical (unpaired) electrons. The Bertz CT molecular complexity index is 1330. The van der Waals surface area contributed by atoms with Gasteiger partial charge in [0.15, 0.2) is 0 Å². The van der Waals surface area contributed by atoms with Crippen LogP contribution in [-0.2, 0) is 6.18 Å². The topological polar surface area (TPSA) is 9.23 Å². The Morgan fingerprint density at radius 3 is 1.83 bits per heavy atom. The molecule has 0 heterocycles. The van der Waals surface area contributed by atoms with Gasteiger partial charge in [-0.2, -0.15) is 22.0 Å². The van der Waals surface area contributed by atoms with E-state index < -0.39 is 35.3 Å². The van der Waals surface area contributed by atoms with Crippen molar-refractivity contribution < 1.29 is 35.5 Å². The first-order chi connectivity index (χ1) is 19.4. The van der Waals surface area contributed by atoms with Gasteiger partial charge in [0, 0.05) is 6.07 Å². The monoisotopic (exact) mass is 578 g/mol. The third-order valence-electron chi connectivity index (χ3n) is 8.87. The van der Waals surface area contributed by atoms with Crippen molar-refractivity contribution in [2.24, 2.45) is 11.8 Å². The van der Waals surface area contributed by atoms with Crippen LogP contribution in [-0.4, -0.2) is 6.11 Å². The van der Waals surface area contributed by atoms with Gasteiger partial charge in [-0.3, -0.25) is 0 Å². The van der Waals surface area contributed by atoms with Gasteiger partial charge in [0.25, 0.3) is 0 Å². The molecule has 220 valence electrons. The molecular weight excluding hydrogens is 545 g/mol. The van der Waals surface area contributed by atoms with Crippen LogP contribution in [0, 0.1) is 23.5 Å². The predicted molar refractivity (Wildman–Crippen MR) is 144 cm³/mol. The normalized spacial score (nSPS) is 23.8. The summed E-state index contributed by atoms with van der Waals surface area (Å²) in [5, 5.41) is 0. The first-order valence-corrected chi connectivity index (χ1v) is 14.2. The lowest BCUT2D eigenvalue weighted by Crippen LogP contribution is -2.37. The smallest absolute Gasteiger partial charge is 0.419 e. The lowest BCUT2D eigenvalue weighted by molar-refractivity contribution is -0.222. The largest absolute Gasteiger partial charge is 0.432 e. The Kier molecular flexibility index (Phi) is 8.40. The van der Waals surface area contributed by atoms with E-state index >= 15 is 4.39 Å².